The van der Waals surface area contributed by atoms with Crippen LogP contribution in [0.25, 0.3) is 0 Å². The van der Waals surface area contributed by atoms with Crippen LogP contribution >= 0.6 is 0 Å². The van der Waals surface area contributed by atoms with Crippen LogP contribution in [0.4, 0.5) is 0 Å². The molecule has 2 aliphatic heterocycles. The van der Waals surface area contributed by atoms with E-state index in [4.69, 9.17) is 0 Å². The Morgan fingerprint density at radius 1 is 1.12 bits per heavy atom. The van der Waals surface area contributed by atoms with E-state index in [0.29, 0.717) is 30.3 Å². The molecule has 2 saturated heterocycles. The fourth-order valence-electron chi connectivity index (χ4n) is 4.10. The summed E-state index contributed by atoms with van der Waals surface area (Å²) in [7, 11) is 0. The number of rotatable bonds is 2. The third-order valence-electron chi connectivity index (χ3n) is 5.45. The summed E-state index contributed by atoms with van der Waals surface area (Å²) >= 11 is 0. The van der Waals surface area contributed by atoms with Gasteiger partial charge in [-0.1, -0.05) is 0 Å². The van der Waals surface area contributed by atoms with Crippen molar-refractivity contribution >= 4 is 11.8 Å². The highest BCUT2D eigenvalue weighted by Crippen LogP contribution is 2.33. The predicted octanol–water partition coefficient (Wildman–Crippen LogP) is 1.28. The van der Waals surface area contributed by atoms with Crippen molar-refractivity contribution in [3.05, 3.63) is 41.5 Å². The number of aromatic amines is 1. The zero-order chi connectivity index (χ0) is 18.1. The van der Waals surface area contributed by atoms with Gasteiger partial charge < -0.3 is 9.80 Å². The van der Waals surface area contributed by atoms with Crippen LogP contribution in [0.3, 0.4) is 0 Å². The van der Waals surface area contributed by atoms with Crippen LogP contribution in [0.15, 0.2) is 24.5 Å². The second kappa shape index (κ2) is 6.86. The summed E-state index contributed by atoms with van der Waals surface area (Å²) in [5, 5.41) is 14.5. The number of aromatic nitrogens is 4. The molecule has 0 radical (unpaired) electrons. The molecule has 2 fully saturated rings. The molecule has 8 nitrogen and oxygen atoms in total. The number of nitrogens with zero attached hydrogens (tertiary/aromatic N) is 5. The molecule has 26 heavy (non-hydrogen) atoms. The molecule has 0 bridgehead atoms. The van der Waals surface area contributed by atoms with Gasteiger partial charge in [0.15, 0.2) is 0 Å². The van der Waals surface area contributed by atoms with Crippen LogP contribution in [-0.4, -0.2) is 67.7 Å². The fraction of sp³-hybridized carbons (Fsp3) is 0.500. The minimum Gasteiger partial charge on any atom is -0.337 e. The molecule has 8 heteroatoms. The number of carbonyl (C=O) groups is 2. The Labute approximate surface area is 151 Å². The largest absolute Gasteiger partial charge is 0.337 e. The molecule has 0 aliphatic carbocycles. The van der Waals surface area contributed by atoms with Crippen LogP contribution in [0, 0.1) is 12.8 Å². The first-order chi connectivity index (χ1) is 12.6. The summed E-state index contributed by atoms with van der Waals surface area (Å²) in [6, 6.07) is 3.66. The SMILES string of the molecule is Cc1cc(C(=O)N2CC[C@H]3CCN(C(=O)c4ccnnc4)[C@H]3CC2)n[nH]1. The van der Waals surface area contributed by atoms with Gasteiger partial charge in [0.1, 0.15) is 5.69 Å². The maximum absolute atomic E-state index is 12.8. The van der Waals surface area contributed by atoms with E-state index in [1.165, 1.54) is 6.20 Å². The molecule has 2 aromatic heterocycles. The second-order valence-corrected chi connectivity index (χ2v) is 7.05. The average molecular weight is 354 g/mol. The third kappa shape index (κ3) is 3.07. The van der Waals surface area contributed by atoms with Crippen molar-refractivity contribution in [3.8, 4) is 0 Å². The molecule has 136 valence electrons. The number of hydrogen-bond donors (Lipinski definition) is 1. The van der Waals surface area contributed by atoms with Crippen LogP contribution in [0.1, 0.15) is 45.8 Å². The molecule has 2 aromatic rings. The summed E-state index contributed by atoms with van der Waals surface area (Å²) in [6.07, 6.45) is 5.75. The minimum absolute atomic E-state index is 0.00935. The van der Waals surface area contributed by atoms with E-state index in [2.05, 4.69) is 20.4 Å². The molecule has 0 aromatic carbocycles. The van der Waals surface area contributed by atoms with Crippen LogP contribution < -0.4 is 0 Å². The van der Waals surface area contributed by atoms with Crippen molar-refractivity contribution < 1.29 is 9.59 Å². The van der Waals surface area contributed by atoms with E-state index in [-0.39, 0.29) is 17.9 Å². The average Bonchev–Trinajstić information content (AvgIpc) is 3.22. The van der Waals surface area contributed by atoms with Crippen LogP contribution in [0.2, 0.25) is 0 Å². The Bertz CT molecular complexity index is 805. The lowest BCUT2D eigenvalue weighted by atomic mass is 9.95. The summed E-state index contributed by atoms with van der Waals surface area (Å²) < 4.78 is 0. The molecule has 2 atom stereocenters. The van der Waals surface area contributed by atoms with Gasteiger partial charge in [-0.15, -0.1) is 0 Å². The van der Waals surface area contributed by atoms with E-state index in [0.717, 1.165) is 31.5 Å². The van der Waals surface area contributed by atoms with E-state index in [1.807, 2.05) is 16.7 Å². The molecule has 4 heterocycles. The first-order valence-corrected chi connectivity index (χ1v) is 9.02. The molecule has 0 saturated carbocycles. The Balaban J connectivity index is 1.46. The first-order valence-electron chi connectivity index (χ1n) is 9.02. The summed E-state index contributed by atoms with van der Waals surface area (Å²) in [4.78, 5) is 29.3. The molecule has 0 spiro atoms. The van der Waals surface area contributed by atoms with Gasteiger partial charge in [-0.2, -0.15) is 15.3 Å². The lowest BCUT2D eigenvalue weighted by Crippen LogP contribution is -2.39. The van der Waals surface area contributed by atoms with Crippen molar-refractivity contribution in [3.63, 3.8) is 0 Å². The molecular weight excluding hydrogens is 332 g/mol. The lowest BCUT2D eigenvalue weighted by molar-refractivity contribution is 0.0703. The molecule has 2 amide bonds. The predicted molar refractivity (Wildman–Crippen MR) is 93.4 cm³/mol. The Kier molecular flexibility index (Phi) is 4.40. The molecule has 1 N–H and O–H groups in total. The van der Waals surface area contributed by atoms with Crippen molar-refractivity contribution in [2.45, 2.75) is 32.2 Å². The first kappa shape index (κ1) is 16.7. The van der Waals surface area contributed by atoms with Gasteiger partial charge in [0, 0.05) is 31.4 Å². The normalized spacial score (nSPS) is 22.8. The maximum Gasteiger partial charge on any atom is 0.274 e. The quantitative estimate of drug-likeness (QED) is 0.876. The van der Waals surface area contributed by atoms with E-state index < -0.39 is 0 Å². The van der Waals surface area contributed by atoms with Crippen LogP contribution in [-0.2, 0) is 0 Å². The van der Waals surface area contributed by atoms with Gasteiger partial charge in [0.25, 0.3) is 11.8 Å². The number of aryl methyl sites for hydroxylation is 1. The topological polar surface area (TPSA) is 95.1 Å². The van der Waals surface area contributed by atoms with E-state index >= 15 is 0 Å². The molecule has 4 rings (SSSR count). The smallest absolute Gasteiger partial charge is 0.274 e. The fourth-order valence-corrected chi connectivity index (χ4v) is 4.10. The van der Waals surface area contributed by atoms with Crippen molar-refractivity contribution in [2.75, 3.05) is 19.6 Å². The number of H-pyrrole nitrogens is 1. The van der Waals surface area contributed by atoms with Gasteiger partial charge in [-0.3, -0.25) is 14.7 Å². The Morgan fingerprint density at radius 3 is 2.65 bits per heavy atom. The maximum atomic E-state index is 12.8. The number of nitrogens with one attached hydrogen (secondary N) is 1. The summed E-state index contributed by atoms with van der Waals surface area (Å²) in [6.45, 7) is 4.01. The van der Waals surface area contributed by atoms with Gasteiger partial charge in [0.05, 0.1) is 18.0 Å². The molecular formula is C18H22N6O2. The number of amides is 2. The molecule has 2 aliphatic rings. The zero-order valence-electron chi connectivity index (χ0n) is 14.8. The standard InChI is InChI=1S/C18H22N6O2/c1-12-10-15(22-21-12)18(26)23-7-3-13-4-9-24(16(13)5-8-23)17(25)14-2-6-19-20-11-14/h2,6,10-11,13,16H,3-5,7-9H2,1H3,(H,21,22)/t13-,16-/m0/s1. The highest BCUT2D eigenvalue weighted by molar-refractivity contribution is 5.94. The van der Waals surface area contributed by atoms with Crippen LogP contribution in [0.5, 0.6) is 0 Å². The Hall–Kier alpha value is -2.77. The zero-order valence-corrected chi connectivity index (χ0v) is 14.8. The van der Waals surface area contributed by atoms with Gasteiger partial charge in [-0.05, 0) is 44.2 Å². The Morgan fingerprint density at radius 2 is 1.92 bits per heavy atom. The summed E-state index contributed by atoms with van der Waals surface area (Å²) in [5.74, 6) is 0.410. The third-order valence-corrected chi connectivity index (χ3v) is 5.45. The van der Waals surface area contributed by atoms with Crippen molar-refractivity contribution in [1.29, 1.82) is 0 Å². The van der Waals surface area contributed by atoms with Crippen molar-refractivity contribution in [1.82, 2.24) is 30.2 Å². The highest BCUT2D eigenvalue weighted by atomic mass is 16.2. The van der Waals surface area contributed by atoms with Gasteiger partial charge >= 0.3 is 0 Å². The van der Waals surface area contributed by atoms with Crippen molar-refractivity contribution in [2.24, 2.45) is 5.92 Å². The summed E-state index contributed by atoms with van der Waals surface area (Å²) in [5.41, 5.74) is 1.91. The number of carbonyl (C=O) groups excluding carboxylic acids is 2. The van der Waals surface area contributed by atoms with Gasteiger partial charge in [-0.25, -0.2) is 0 Å². The van der Waals surface area contributed by atoms with Gasteiger partial charge in [0.2, 0.25) is 0 Å². The van der Waals surface area contributed by atoms with E-state index in [1.54, 1.807) is 18.3 Å². The number of fused-ring (bicyclic) bond motifs is 1. The highest BCUT2D eigenvalue weighted by Gasteiger charge is 2.39. The monoisotopic (exact) mass is 354 g/mol. The lowest BCUT2D eigenvalue weighted by Gasteiger charge is -2.27. The number of hydrogen-bond acceptors (Lipinski definition) is 5. The second-order valence-electron chi connectivity index (χ2n) is 7.05. The van der Waals surface area contributed by atoms with E-state index in [9.17, 15) is 9.59 Å². The number of likely N-dealkylation sites (tertiary alicyclic amines) is 2. The minimum atomic E-state index is -0.0365. The molecule has 0 unspecified atom stereocenters.